The Morgan fingerprint density at radius 3 is 2.38 bits per heavy atom. The SMILES string of the molecule is COC(=O)CCN(C)C(=O)C(F)F. The van der Waals surface area contributed by atoms with Gasteiger partial charge in [-0.2, -0.15) is 8.78 Å². The first-order chi connectivity index (χ1) is 5.99. The number of hydrogen-bond donors (Lipinski definition) is 0. The maximum atomic E-state index is 11.8. The van der Waals surface area contributed by atoms with Gasteiger partial charge in [0, 0.05) is 13.6 Å². The number of ether oxygens (including phenoxy) is 1. The predicted molar refractivity (Wildman–Crippen MR) is 40.3 cm³/mol. The largest absolute Gasteiger partial charge is 0.469 e. The number of rotatable bonds is 4. The molecule has 0 saturated heterocycles. The van der Waals surface area contributed by atoms with E-state index in [1.165, 1.54) is 14.2 Å². The van der Waals surface area contributed by atoms with Gasteiger partial charge in [-0.1, -0.05) is 0 Å². The molecule has 0 aliphatic rings. The normalized spacial score (nSPS) is 9.92. The predicted octanol–water partition coefficient (Wildman–Crippen LogP) is 0.273. The Morgan fingerprint density at radius 2 is 2.00 bits per heavy atom. The maximum absolute atomic E-state index is 11.8. The van der Waals surface area contributed by atoms with Gasteiger partial charge < -0.3 is 9.64 Å². The van der Waals surface area contributed by atoms with Gasteiger partial charge >= 0.3 is 12.4 Å². The molecule has 0 heterocycles. The molecule has 6 heteroatoms. The summed E-state index contributed by atoms with van der Waals surface area (Å²) in [7, 11) is 2.40. The van der Waals surface area contributed by atoms with Gasteiger partial charge in [-0.3, -0.25) is 9.59 Å². The zero-order valence-electron chi connectivity index (χ0n) is 7.42. The van der Waals surface area contributed by atoms with Crippen LogP contribution in [0, 0.1) is 0 Å². The molecular formula is C7H11F2NO3. The van der Waals surface area contributed by atoms with Crippen molar-refractivity contribution in [3.05, 3.63) is 0 Å². The lowest BCUT2D eigenvalue weighted by Gasteiger charge is -2.15. The van der Waals surface area contributed by atoms with E-state index in [9.17, 15) is 18.4 Å². The summed E-state index contributed by atoms with van der Waals surface area (Å²) in [5.41, 5.74) is 0. The summed E-state index contributed by atoms with van der Waals surface area (Å²) in [4.78, 5) is 21.9. The second kappa shape index (κ2) is 5.45. The fourth-order valence-electron chi connectivity index (χ4n) is 0.638. The number of methoxy groups -OCH3 is 1. The van der Waals surface area contributed by atoms with E-state index in [4.69, 9.17) is 0 Å². The first-order valence-corrected chi connectivity index (χ1v) is 3.59. The molecule has 0 fully saturated rings. The highest BCUT2D eigenvalue weighted by atomic mass is 19.3. The quantitative estimate of drug-likeness (QED) is 0.605. The molecule has 0 spiro atoms. The smallest absolute Gasteiger partial charge is 0.315 e. The van der Waals surface area contributed by atoms with Crippen molar-refractivity contribution < 1.29 is 23.1 Å². The molecule has 0 aromatic heterocycles. The van der Waals surface area contributed by atoms with E-state index in [1.807, 2.05) is 0 Å². The molecule has 76 valence electrons. The van der Waals surface area contributed by atoms with Gasteiger partial charge in [0.05, 0.1) is 13.5 Å². The standard InChI is InChI=1S/C7H11F2NO3/c1-10(7(12)6(8)9)4-3-5(11)13-2/h6H,3-4H2,1-2H3. The van der Waals surface area contributed by atoms with Crippen molar-refractivity contribution in [1.29, 1.82) is 0 Å². The Morgan fingerprint density at radius 1 is 1.46 bits per heavy atom. The van der Waals surface area contributed by atoms with Crippen molar-refractivity contribution >= 4 is 11.9 Å². The Balaban J connectivity index is 3.81. The molecule has 0 aliphatic heterocycles. The van der Waals surface area contributed by atoms with Gasteiger partial charge in [0.1, 0.15) is 0 Å². The molecule has 0 unspecified atom stereocenters. The van der Waals surface area contributed by atoms with Crippen LogP contribution in [0.4, 0.5) is 8.78 Å². The van der Waals surface area contributed by atoms with Gasteiger partial charge in [0.15, 0.2) is 0 Å². The molecule has 0 atom stereocenters. The van der Waals surface area contributed by atoms with Crippen LogP contribution in [0.25, 0.3) is 0 Å². The Hall–Kier alpha value is -1.20. The van der Waals surface area contributed by atoms with Crippen molar-refractivity contribution in [3.63, 3.8) is 0 Å². The highest BCUT2D eigenvalue weighted by Gasteiger charge is 2.20. The van der Waals surface area contributed by atoms with E-state index in [0.717, 1.165) is 4.90 Å². The first kappa shape index (κ1) is 11.8. The minimum Gasteiger partial charge on any atom is -0.469 e. The van der Waals surface area contributed by atoms with E-state index in [1.54, 1.807) is 0 Å². The molecule has 0 radical (unpaired) electrons. The Kier molecular flexibility index (Phi) is 4.94. The number of hydrogen-bond acceptors (Lipinski definition) is 3. The van der Waals surface area contributed by atoms with Crippen molar-refractivity contribution in [1.82, 2.24) is 4.90 Å². The van der Waals surface area contributed by atoms with E-state index in [0.29, 0.717) is 0 Å². The Bertz CT molecular complexity index is 196. The zero-order chi connectivity index (χ0) is 10.4. The van der Waals surface area contributed by atoms with Crippen molar-refractivity contribution in [2.75, 3.05) is 20.7 Å². The molecule has 0 aromatic carbocycles. The molecular weight excluding hydrogens is 184 g/mol. The lowest BCUT2D eigenvalue weighted by molar-refractivity contribution is -0.144. The summed E-state index contributed by atoms with van der Waals surface area (Å²) in [6.45, 7) is -0.0597. The lowest BCUT2D eigenvalue weighted by Crippen LogP contribution is -2.33. The van der Waals surface area contributed by atoms with Crippen LogP contribution >= 0.6 is 0 Å². The number of nitrogens with zero attached hydrogens (tertiary/aromatic N) is 1. The fraction of sp³-hybridized carbons (Fsp3) is 0.714. The van der Waals surface area contributed by atoms with Gasteiger partial charge in [0.25, 0.3) is 5.91 Å². The average Bonchev–Trinajstić information content (AvgIpc) is 2.11. The van der Waals surface area contributed by atoms with Crippen molar-refractivity contribution in [2.45, 2.75) is 12.8 Å². The summed E-state index contributed by atoms with van der Waals surface area (Å²) in [5.74, 6) is -1.82. The molecule has 0 bridgehead atoms. The van der Waals surface area contributed by atoms with Crippen LogP contribution in [0.3, 0.4) is 0 Å². The summed E-state index contributed by atoms with van der Waals surface area (Å²) < 4.78 is 27.8. The number of carbonyl (C=O) groups is 2. The molecule has 4 nitrogen and oxygen atoms in total. The lowest BCUT2D eigenvalue weighted by atomic mass is 10.4. The Labute approximate surface area is 74.5 Å². The minimum absolute atomic E-state index is 0.0597. The number of halogens is 2. The first-order valence-electron chi connectivity index (χ1n) is 3.59. The van der Waals surface area contributed by atoms with Crippen molar-refractivity contribution in [2.24, 2.45) is 0 Å². The topological polar surface area (TPSA) is 46.6 Å². The third kappa shape index (κ3) is 4.39. The molecule has 13 heavy (non-hydrogen) atoms. The highest BCUT2D eigenvalue weighted by Crippen LogP contribution is 1.99. The van der Waals surface area contributed by atoms with E-state index in [2.05, 4.69) is 4.74 Å². The monoisotopic (exact) mass is 195 g/mol. The van der Waals surface area contributed by atoms with Crippen LogP contribution in [-0.2, 0) is 14.3 Å². The van der Waals surface area contributed by atoms with Gasteiger partial charge in [-0.15, -0.1) is 0 Å². The van der Waals surface area contributed by atoms with Crippen LogP contribution in [0.5, 0.6) is 0 Å². The van der Waals surface area contributed by atoms with E-state index >= 15 is 0 Å². The molecule has 1 amide bonds. The summed E-state index contributed by atoms with van der Waals surface area (Å²) in [6.07, 6.45) is -3.10. The average molecular weight is 195 g/mol. The molecule has 0 rings (SSSR count). The molecule has 0 aromatic rings. The highest BCUT2D eigenvalue weighted by molar-refractivity contribution is 5.79. The van der Waals surface area contributed by atoms with Gasteiger partial charge in [-0.05, 0) is 0 Å². The summed E-state index contributed by atoms with van der Waals surface area (Å²) >= 11 is 0. The number of amides is 1. The van der Waals surface area contributed by atoms with Crippen molar-refractivity contribution in [3.8, 4) is 0 Å². The van der Waals surface area contributed by atoms with Crippen LogP contribution in [0.2, 0.25) is 0 Å². The summed E-state index contributed by atoms with van der Waals surface area (Å²) in [6, 6.07) is 0. The second-order valence-corrected chi connectivity index (χ2v) is 2.39. The summed E-state index contributed by atoms with van der Waals surface area (Å²) in [5, 5.41) is 0. The van der Waals surface area contributed by atoms with Crippen LogP contribution in [0.15, 0.2) is 0 Å². The fourth-order valence-corrected chi connectivity index (χ4v) is 0.638. The van der Waals surface area contributed by atoms with E-state index < -0.39 is 18.3 Å². The maximum Gasteiger partial charge on any atom is 0.315 e. The molecule has 0 N–H and O–H groups in total. The van der Waals surface area contributed by atoms with Gasteiger partial charge in [-0.25, -0.2) is 0 Å². The van der Waals surface area contributed by atoms with Gasteiger partial charge in [0.2, 0.25) is 0 Å². The third-order valence-corrected chi connectivity index (χ3v) is 1.44. The molecule has 0 saturated carbocycles. The second-order valence-electron chi connectivity index (χ2n) is 2.39. The van der Waals surface area contributed by atoms with Crippen LogP contribution in [0.1, 0.15) is 6.42 Å². The molecule has 0 aliphatic carbocycles. The number of carbonyl (C=O) groups excluding carboxylic acids is 2. The minimum atomic E-state index is -3.03. The van der Waals surface area contributed by atoms with Crippen LogP contribution in [-0.4, -0.2) is 43.9 Å². The van der Waals surface area contributed by atoms with Crippen LogP contribution < -0.4 is 0 Å². The zero-order valence-corrected chi connectivity index (χ0v) is 7.42. The number of alkyl halides is 2. The number of esters is 1. The van der Waals surface area contributed by atoms with E-state index in [-0.39, 0.29) is 13.0 Å². The third-order valence-electron chi connectivity index (χ3n) is 1.44.